The lowest BCUT2D eigenvalue weighted by molar-refractivity contribution is -0.145. The third-order valence-corrected chi connectivity index (χ3v) is 2.36. The average molecular weight is 258 g/mol. The van der Waals surface area contributed by atoms with Gasteiger partial charge in [-0.3, -0.25) is 14.4 Å². The van der Waals surface area contributed by atoms with Gasteiger partial charge in [-0.15, -0.1) is 0 Å². The van der Waals surface area contributed by atoms with Gasteiger partial charge in [0.1, 0.15) is 0 Å². The zero-order valence-electron chi connectivity index (χ0n) is 9.19. The Hall–Kier alpha value is -1.70. The van der Waals surface area contributed by atoms with Crippen LogP contribution < -0.4 is 16.4 Å². The highest BCUT2D eigenvalue weighted by Gasteiger charge is 2.23. The summed E-state index contributed by atoms with van der Waals surface area (Å²) in [5.41, 5.74) is 5.20. The van der Waals surface area contributed by atoms with Crippen molar-refractivity contribution in [3.05, 3.63) is 0 Å². The predicted molar refractivity (Wildman–Crippen MR) is 64.0 cm³/mol. The van der Waals surface area contributed by atoms with Gasteiger partial charge < -0.3 is 21.3 Å². The normalized spacial score (nSPS) is 15.8. The first kappa shape index (κ1) is 13.4. The Morgan fingerprint density at radius 2 is 2.18 bits per heavy atom. The maximum absolute atomic E-state index is 11.7. The van der Waals surface area contributed by atoms with Gasteiger partial charge in [0.05, 0.1) is 11.5 Å². The van der Waals surface area contributed by atoms with Crippen molar-refractivity contribution in [1.82, 2.24) is 15.5 Å². The first-order valence-electron chi connectivity index (χ1n) is 5.13. The van der Waals surface area contributed by atoms with Gasteiger partial charge in [-0.2, -0.15) is 0 Å². The maximum atomic E-state index is 11.7. The maximum Gasteiger partial charge on any atom is 0.311 e. The van der Waals surface area contributed by atoms with Gasteiger partial charge >= 0.3 is 11.8 Å². The molecule has 4 N–H and O–H groups in total. The Balaban J connectivity index is 2.48. The second kappa shape index (κ2) is 6.14. The molecule has 8 heteroatoms. The molecular weight excluding hydrogens is 244 g/mol. The molecule has 0 aromatic rings. The minimum absolute atomic E-state index is 0.00900. The lowest BCUT2D eigenvalue weighted by Crippen LogP contribution is -2.46. The number of thiocarbonyl (C=S) groups is 1. The number of carbonyl (C=O) groups excluding carboxylic acids is 3. The molecule has 0 radical (unpaired) electrons. The number of rotatable bonds is 2. The highest BCUT2D eigenvalue weighted by atomic mass is 32.1. The minimum Gasteiger partial charge on any atom is -0.392 e. The molecule has 0 aromatic heterocycles. The second-order valence-electron chi connectivity index (χ2n) is 3.54. The van der Waals surface area contributed by atoms with E-state index in [9.17, 15) is 14.4 Å². The summed E-state index contributed by atoms with van der Waals surface area (Å²) in [5, 5.41) is 4.92. The first-order chi connectivity index (χ1) is 8.00. The van der Waals surface area contributed by atoms with E-state index in [1.165, 1.54) is 4.90 Å². The molecule has 1 aliphatic rings. The van der Waals surface area contributed by atoms with Crippen molar-refractivity contribution in [2.75, 3.05) is 26.2 Å². The van der Waals surface area contributed by atoms with E-state index in [1.807, 2.05) is 0 Å². The van der Waals surface area contributed by atoms with Gasteiger partial charge in [-0.05, 0) is 0 Å². The van der Waals surface area contributed by atoms with E-state index in [0.717, 1.165) is 0 Å². The van der Waals surface area contributed by atoms with Crippen LogP contribution in [0.15, 0.2) is 0 Å². The predicted octanol–water partition coefficient (Wildman–Crippen LogP) is -2.26. The van der Waals surface area contributed by atoms with E-state index >= 15 is 0 Å². The van der Waals surface area contributed by atoms with Crippen LogP contribution in [0.3, 0.4) is 0 Å². The summed E-state index contributed by atoms with van der Waals surface area (Å²) >= 11 is 4.58. The molecule has 0 saturated carbocycles. The van der Waals surface area contributed by atoms with Crippen LogP contribution in [-0.2, 0) is 14.4 Å². The van der Waals surface area contributed by atoms with Crippen molar-refractivity contribution in [1.29, 1.82) is 0 Å². The number of nitrogens with zero attached hydrogens (tertiary/aromatic N) is 1. The lowest BCUT2D eigenvalue weighted by atomic mass is 10.3. The second-order valence-corrected chi connectivity index (χ2v) is 4.07. The summed E-state index contributed by atoms with van der Waals surface area (Å²) < 4.78 is 0. The summed E-state index contributed by atoms with van der Waals surface area (Å²) in [4.78, 5) is 35.6. The number of amides is 3. The number of nitrogens with one attached hydrogen (secondary N) is 2. The van der Waals surface area contributed by atoms with Gasteiger partial charge in [0, 0.05) is 26.1 Å². The van der Waals surface area contributed by atoms with Crippen LogP contribution in [0.2, 0.25) is 0 Å². The van der Waals surface area contributed by atoms with Crippen molar-refractivity contribution < 1.29 is 14.4 Å². The molecule has 0 atom stereocenters. The third-order valence-electron chi connectivity index (χ3n) is 2.22. The van der Waals surface area contributed by atoms with E-state index in [1.54, 1.807) is 0 Å². The molecule has 1 rings (SSSR count). The third kappa shape index (κ3) is 4.35. The van der Waals surface area contributed by atoms with E-state index in [-0.39, 0.29) is 30.4 Å². The summed E-state index contributed by atoms with van der Waals surface area (Å²) in [5.74, 6) is -1.55. The molecule has 0 aromatic carbocycles. The van der Waals surface area contributed by atoms with Crippen LogP contribution in [-0.4, -0.2) is 53.8 Å². The van der Waals surface area contributed by atoms with Crippen molar-refractivity contribution in [2.24, 2.45) is 5.73 Å². The van der Waals surface area contributed by atoms with Crippen LogP contribution in [0.25, 0.3) is 0 Å². The van der Waals surface area contributed by atoms with Crippen molar-refractivity contribution in [2.45, 2.75) is 6.42 Å². The first-order valence-corrected chi connectivity index (χ1v) is 5.53. The number of carbonyl (C=O) groups is 3. The Morgan fingerprint density at radius 1 is 1.47 bits per heavy atom. The van der Waals surface area contributed by atoms with Gasteiger partial charge in [-0.25, -0.2) is 0 Å². The highest BCUT2D eigenvalue weighted by Crippen LogP contribution is 1.97. The van der Waals surface area contributed by atoms with Crippen LogP contribution in [0, 0.1) is 0 Å². The molecule has 0 unspecified atom stereocenters. The van der Waals surface area contributed by atoms with E-state index in [4.69, 9.17) is 5.73 Å². The molecular formula is C9H14N4O3S. The van der Waals surface area contributed by atoms with Gasteiger partial charge in [0.25, 0.3) is 0 Å². The fourth-order valence-electron chi connectivity index (χ4n) is 1.36. The lowest BCUT2D eigenvalue weighted by Gasteiger charge is -2.18. The molecule has 17 heavy (non-hydrogen) atoms. The molecule has 0 bridgehead atoms. The van der Waals surface area contributed by atoms with Gasteiger partial charge in [-0.1, -0.05) is 12.2 Å². The molecule has 1 aliphatic heterocycles. The van der Waals surface area contributed by atoms with Crippen LogP contribution in [0.1, 0.15) is 6.42 Å². The fourth-order valence-corrected chi connectivity index (χ4v) is 1.43. The van der Waals surface area contributed by atoms with Crippen LogP contribution >= 0.6 is 12.2 Å². The van der Waals surface area contributed by atoms with Crippen molar-refractivity contribution in [3.8, 4) is 0 Å². The summed E-state index contributed by atoms with van der Waals surface area (Å²) in [7, 11) is 0. The van der Waals surface area contributed by atoms with Gasteiger partial charge in [0.15, 0.2) is 0 Å². The zero-order valence-corrected chi connectivity index (χ0v) is 10.0. The van der Waals surface area contributed by atoms with E-state index < -0.39 is 11.8 Å². The number of hydrogen-bond donors (Lipinski definition) is 3. The Labute approximate surface area is 104 Å². The summed E-state index contributed by atoms with van der Waals surface area (Å²) in [6.07, 6.45) is 0.203. The summed E-state index contributed by atoms with van der Waals surface area (Å²) in [6, 6.07) is 0. The molecule has 1 fully saturated rings. The van der Waals surface area contributed by atoms with Crippen molar-refractivity contribution in [3.63, 3.8) is 0 Å². The smallest absolute Gasteiger partial charge is 0.311 e. The Kier molecular flexibility index (Phi) is 4.83. The fraction of sp³-hybridized carbons (Fsp3) is 0.556. The Morgan fingerprint density at radius 3 is 2.82 bits per heavy atom. The summed E-state index contributed by atoms with van der Waals surface area (Å²) in [6.45, 7) is 0.911. The number of hydrogen-bond acceptors (Lipinski definition) is 4. The molecule has 3 amide bonds. The van der Waals surface area contributed by atoms with E-state index in [2.05, 4.69) is 22.9 Å². The Bertz CT molecular complexity index is 358. The highest BCUT2D eigenvalue weighted by molar-refractivity contribution is 7.80. The SMILES string of the molecule is NC(=S)CNC(=O)C(=O)N1CCNC(=O)CC1. The molecule has 94 valence electrons. The van der Waals surface area contributed by atoms with Crippen molar-refractivity contribution >= 4 is 34.9 Å². The van der Waals surface area contributed by atoms with Crippen LogP contribution in [0.4, 0.5) is 0 Å². The minimum atomic E-state index is -0.757. The molecule has 7 nitrogen and oxygen atoms in total. The molecule has 1 heterocycles. The largest absolute Gasteiger partial charge is 0.392 e. The zero-order chi connectivity index (χ0) is 12.8. The quantitative estimate of drug-likeness (QED) is 0.383. The topological polar surface area (TPSA) is 105 Å². The molecule has 0 spiro atoms. The average Bonchev–Trinajstić information content (AvgIpc) is 2.49. The monoisotopic (exact) mass is 258 g/mol. The van der Waals surface area contributed by atoms with E-state index in [0.29, 0.717) is 13.1 Å². The van der Waals surface area contributed by atoms with Crippen LogP contribution in [0.5, 0.6) is 0 Å². The molecule has 0 aliphatic carbocycles. The number of nitrogens with two attached hydrogens (primary N) is 1. The standard InChI is InChI=1S/C9H14N4O3S/c10-6(17)5-12-8(15)9(16)13-3-1-7(14)11-2-4-13/h1-5H2,(H2,10,17)(H,11,14)(H,12,15). The van der Waals surface area contributed by atoms with Gasteiger partial charge in [0.2, 0.25) is 5.91 Å². The molecule has 1 saturated heterocycles.